The van der Waals surface area contributed by atoms with E-state index in [1.54, 1.807) is 0 Å². The van der Waals surface area contributed by atoms with Crippen LogP contribution in [-0.4, -0.2) is 32.8 Å². The van der Waals surface area contributed by atoms with Crippen molar-refractivity contribution in [3.05, 3.63) is 29.6 Å². The molecule has 0 atom stereocenters. The van der Waals surface area contributed by atoms with Crippen LogP contribution in [0.15, 0.2) is 18.2 Å². The summed E-state index contributed by atoms with van der Waals surface area (Å²) >= 11 is 0. The van der Waals surface area contributed by atoms with Gasteiger partial charge < -0.3 is 20.3 Å². The number of carbonyl (C=O) groups is 1. The fourth-order valence-electron chi connectivity index (χ4n) is 3.35. The Hall–Kier alpha value is -2.08. The van der Waals surface area contributed by atoms with Gasteiger partial charge in [0.15, 0.2) is 0 Å². The molecule has 0 aliphatic heterocycles. The Kier molecular flexibility index (Phi) is 4.76. The topological polar surface area (TPSA) is 79.2 Å². The Morgan fingerprint density at radius 2 is 2.04 bits per heavy atom. The molecule has 3 N–H and O–H groups in total. The lowest BCUT2D eigenvalue weighted by Gasteiger charge is -2.32. The number of benzene rings is 1. The predicted molar refractivity (Wildman–Crippen MR) is 93.7 cm³/mol. The number of aryl methyl sites for hydroxylation is 2. The maximum absolute atomic E-state index is 12.0. The molecule has 24 heavy (non-hydrogen) atoms. The smallest absolute Gasteiger partial charge is 0.315 e. The van der Waals surface area contributed by atoms with Crippen LogP contribution in [0.1, 0.15) is 43.5 Å². The number of amides is 2. The summed E-state index contributed by atoms with van der Waals surface area (Å²) in [5.74, 6) is 0.966. The summed E-state index contributed by atoms with van der Waals surface area (Å²) in [5.41, 5.74) is 2.29. The van der Waals surface area contributed by atoms with Crippen LogP contribution >= 0.6 is 0 Å². The van der Waals surface area contributed by atoms with E-state index in [1.165, 1.54) is 6.42 Å². The van der Waals surface area contributed by atoms with Crippen LogP contribution in [0.2, 0.25) is 0 Å². The van der Waals surface area contributed by atoms with E-state index in [9.17, 15) is 9.90 Å². The lowest BCUT2D eigenvalue weighted by Crippen LogP contribution is -2.47. The molecule has 1 heterocycles. The molecule has 2 aromatic rings. The second-order valence-electron chi connectivity index (χ2n) is 6.86. The molecular formula is C18H26N4O2. The molecule has 0 unspecified atom stereocenters. The molecule has 1 aliphatic carbocycles. The molecule has 6 heteroatoms. The van der Waals surface area contributed by atoms with Crippen molar-refractivity contribution >= 4 is 17.1 Å². The third-order valence-electron chi connectivity index (χ3n) is 4.98. The van der Waals surface area contributed by atoms with Gasteiger partial charge in [0.1, 0.15) is 5.82 Å². The molecule has 3 rings (SSSR count). The van der Waals surface area contributed by atoms with Crippen LogP contribution in [0, 0.1) is 6.92 Å². The number of fused-ring (bicyclic) bond motifs is 1. The highest BCUT2D eigenvalue weighted by Crippen LogP contribution is 2.27. The van der Waals surface area contributed by atoms with Crippen LogP contribution in [0.5, 0.6) is 0 Å². The van der Waals surface area contributed by atoms with Crippen molar-refractivity contribution in [1.82, 2.24) is 20.2 Å². The summed E-state index contributed by atoms with van der Waals surface area (Å²) in [4.78, 5) is 16.5. The maximum atomic E-state index is 12.0. The number of carbonyl (C=O) groups excluding carboxylic acids is 1. The van der Waals surface area contributed by atoms with Gasteiger partial charge in [-0.1, -0.05) is 25.3 Å². The van der Waals surface area contributed by atoms with E-state index in [0.29, 0.717) is 13.1 Å². The zero-order valence-electron chi connectivity index (χ0n) is 14.4. The molecule has 0 spiro atoms. The van der Waals surface area contributed by atoms with E-state index in [4.69, 9.17) is 0 Å². The first kappa shape index (κ1) is 16.8. The van der Waals surface area contributed by atoms with Gasteiger partial charge in [0.2, 0.25) is 0 Å². The highest BCUT2D eigenvalue weighted by molar-refractivity contribution is 5.77. The lowest BCUT2D eigenvalue weighted by molar-refractivity contribution is 0.00719. The molecule has 1 aromatic heterocycles. The summed E-state index contributed by atoms with van der Waals surface area (Å²) in [6, 6.07) is 5.77. The van der Waals surface area contributed by atoms with E-state index in [0.717, 1.165) is 48.1 Å². The normalized spacial score (nSPS) is 17.0. The number of hydrogen-bond acceptors (Lipinski definition) is 3. The number of urea groups is 1. The van der Waals surface area contributed by atoms with Gasteiger partial charge in [-0.15, -0.1) is 0 Å². The summed E-state index contributed by atoms with van der Waals surface area (Å²) < 4.78 is 2.05. The summed E-state index contributed by atoms with van der Waals surface area (Å²) in [5, 5.41) is 16.0. The number of aliphatic hydroxyl groups is 1. The third-order valence-corrected chi connectivity index (χ3v) is 4.98. The zero-order chi connectivity index (χ0) is 17.2. The van der Waals surface area contributed by atoms with Gasteiger partial charge in [-0.25, -0.2) is 9.78 Å². The number of aromatic nitrogens is 2. The standard InChI is InChI=1S/C18H26N4O2/c1-13-21-15-10-14(6-7-16(15)22(13)2)11-19-17(23)20-12-18(24)8-4-3-5-9-18/h6-7,10,24H,3-5,8-9,11-12H2,1-2H3,(H2,19,20,23). The maximum Gasteiger partial charge on any atom is 0.315 e. The minimum absolute atomic E-state index is 0.244. The molecular weight excluding hydrogens is 304 g/mol. The summed E-state index contributed by atoms with van der Waals surface area (Å²) in [6.45, 7) is 2.73. The fourth-order valence-corrected chi connectivity index (χ4v) is 3.35. The molecule has 130 valence electrons. The van der Waals surface area contributed by atoms with Crippen molar-refractivity contribution in [2.75, 3.05) is 6.54 Å². The minimum Gasteiger partial charge on any atom is -0.388 e. The van der Waals surface area contributed by atoms with E-state index >= 15 is 0 Å². The van der Waals surface area contributed by atoms with Crippen molar-refractivity contribution in [2.45, 2.75) is 51.2 Å². The van der Waals surface area contributed by atoms with Crippen molar-refractivity contribution in [2.24, 2.45) is 7.05 Å². The van der Waals surface area contributed by atoms with Crippen molar-refractivity contribution in [3.8, 4) is 0 Å². The molecule has 1 fully saturated rings. The largest absolute Gasteiger partial charge is 0.388 e. The Morgan fingerprint density at radius 1 is 1.29 bits per heavy atom. The second-order valence-corrected chi connectivity index (χ2v) is 6.86. The number of imidazole rings is 1. The van der Waals surface area contributed by atoms with Crippen LogP contribution in [0.3, 0.4) is 0 Å². The van der Waals surface area contributed by atoms with Crippen molar-refractivity contribution < 1.29 is 9.90 Å². The molecule has 0 radical (unpaired) electrons. The lowest BCUT2D eigenvalue weighted by atomic mass is 9.85. The molecule has 1 saturated carbocycles. The molecule has 1 aromatic carbocycles. The van der Waals surface area contributed by atoms with Gasteiger partial charge in [-0.05, 0) is 37.5 Å². The number of rotatable bonds is 4. The van der Waals surface area contributed by atoms with Crippen LogP contribution in [0.25, 0.3) is 11.0 Å². The Morgan fingerprint density at radius 3 is 2.79 bits per heavy atom. The van der Waals surface area contributed by atoms with E-state index in [1.807, 2.05) is 36.7 Å². The number of nitrogens with zero attached hydrogens (tertiary/aromatic N) is 2. The van der Waals surface area contributed by atoms with E-state index < -0.39 is 5.60 Å². The van der Waals surface area contributed by atoms with Gasteiger partial charge in [0.25, 0.3) is 0 Å². The van der Waals surface area contributed by atoms with Crippen molar-refractivity contribution in [1.29, 1.82) is 0 Å². The van der Waals surface area contributed by atoms with Gasteiger partial charge >= 0.3 is 6.03 Å². The summed E-state index contributed by atoms with van der Waals surface area (Å²) in [6.07, 6.45) is 4.77. The predicted octanol–water partition coefficient (Wildman–Crippen LogP) is 2.38. The van der Waals surface area contributed by atoms with Crippen LogP contribution < -0.4 is 10.6 Å². The van der Waals surface area contributed by atoms with Gasteiger partial charge in [-0.2, -0.15) is 0 Å². The first-order valence-corrected chi connectivity index (χ1v) is 8.63. The van der Waals surface area contributed by atoms with Gasteiger partial charge in [0.05, 0.1) is 16.6 Å². The highest BCUT2D eigenvalue weighted by atomic mass is 16.3. The van der Waals surface area contributed by atoms with Gasteiger partial charge in [0, 0.05) is 20.1 Å². The first-order valence-electron chi connectivity index (χ1n) is 8.63. The average molecular weight is 330 g/mol. The van der Waals surface area contributed by atoms with Crippen LogP contribution in [0.4, 0.5) is 4.79 Å². The molecule has 0 saturated heterocycles. The molecule has 2 amide bonds. The van der Waals surface area contributed by atoms with Crippen LogP contribution in [-0.2, 0) is 13.6 Å². The summed E-state index contributed by atoms with van der Waals surface area (Å²) in [7, 11) is 1.99. The quantitative estimate of drug-likeness (QED) is 0.805. The zero-order valence-corrected chi connectivity index (χ0v) is 14.4. The Bertz CT molecular complexity index is 732. The first-order chi connectivity index (χ1) is 11.5. The van der Waals surface area contributed by atoms with E-state index in [2.05, 4.69) is 15.6 Å². The molecule has 1 aliphatic rings. The number of hydrogen-bond donors (Lipinski definition) is 3. The van der Waals surface area contributed by atoms with E-state index in [-0.39, 0.29) is 6.03 Å². The fraction of sp³-hybridized carbons (Fsp3) is 0.556. The highest BCUT2D eigenvalue weighted by Gasteiger charge is 2.29. The Balaban J connectivity index is 1.52. The Labute approximate surface area is 142 Å². The second kappa shape index (κ2) is 6.81. The monoisotopic (exact) mass is 330 g/mol. The van der Waals surface area contributed by atoms with Gasteiger partial charge in [-0.3, -0.25) is 0 Å². The average Bonchev–Trinajstić information content (AvgIpc) is 2.86. The number of nitrogens with one attached hydrogen (secondary N) is 2. The van der Waals surface area contributed by atoms with Crippen molar-refractivity contribution in [3.63, 3.8) is 0 Å². The molecule has 0 bridgehead atoms. The minimum atomic E-state index is -0.736. The third kappa shape index (κ3) is 3.70. The SMILES string of the molecule is Cc1nc2cc(CNC(=O)NCC3(O)CCCCC3)ccc2n1C. The molecule has 6 nitrogen and oxygen atoms in total.